The lowest BCUT2D eigenvalue weighted by Crippen LogP contribution is -2.49. The number of hydrogen-bond acceptors (Lipinski definition) is 8. The van der Waals surface area contributed by atoms with E-state index < -0.39 is 33.2 Å². The first kappa shape index (κ1) is 36.3. The van der Waals surface area contributed by atoms with Crippen molar-refractivity contribution >= 4 is 44.8 Å². The van der Waals surface area contributed by atoms with Gasteiger partial charge in [-0.3, -0.25) is 9.59 Å². The molecule has 4 aliphatic rings. The highest BCUT2D eigenvalue weighted by Gasteiger charge is 2.44. The normalized spacial score (nSPS) is 27.5. The van der Waals surface area contributed by atoms with Gasteiger partial charge in [0.1, 0.15) is 11.5 Å². The van der Waals surface area contributed by atoms with Gasteiger partial charge in [0.05, 0.1) is 30.8 Å². The first-order valence-corrected chi connectivity index (χ1v) is 20.0. The number of ether oxygens (including phenoxy) is 2. The van der Waals surface area contributed by atoms with Gasteiger partial charge in [0.25, 0.3) is 5.91 Å². The van der Waals surface area contributed by atoms with E-state index in [-0.39, 0.29) is 35.7 Å². The molecule has 0 radical (unpaired) electrons. The third-order valence-corrected chi connectivity index (χ3v) is 13.4. The summed E-state index contributed by atoms with van der Waals surface area (Å²) in [6.07, 6.45) is 7.54. The molecule has 1 saturated carbocycles. The summed E-state index contributed by atoms with van der Waals surface area (Å²) >= 11 is 6.42. The predicted octanol–water partition coefficient (Wildman–Crippen LogP) is 6.32. The molecule has 52 heavy (non-hydrogen) atoms. The zero-order valence-electron chi connectivity index (χ0n) is 29.6. The average Bonchev–Trinajstić information content (AvgIpc) is 3.25. The van der Waals surface area contributed by atoms with Crippen molar-refractivity contribution in [3.63, 3.8) is 0 Å². The summed E-state index contributed by atoms with van der Waals surface area (Å²) in [5.41, 5.74) is 4.31. The van der Waals surface area contributed by atoms with Gasteiger partial charge in [-0.1, -0.05) is 35.9 Å². The molecule has 2 aliphatic carbocycles. The number of amides is 2. The Balaban J connectivity index is 1.21. The van der Waals surface area contributed by atoms with Crippen LogP contribution in [0, 0.1) is 18.8 Å². The van der Waals surface area contributed by atoms with E-state index in [2.05, 4.69) is 27.1 Å². The molecule has 2 heterocycles. The molecule has 1 spiro atoms. The number of methoxy groups -OCH3 is 1. The number of halogens is 1. The molecule has 12 heteroatoms. The molecule has 3 aromatic rings. The van der Waals surface area contributed by atoms with Gasteiger partial charge in [-0.15, -0.1) is 0 Å². The van der Waals surface area contributed by atoms with Crippen molar-refractivity contribution in [2.24, 2.45) is 11.8 Å². The molecule has 2 bridgehead atoms. The van der Waals surface area contributed by atoms with E-state index in [0.29, 0.717) is 48.3 Å². The summed E-state index contributed by atoms with van der Waals surface area (Å²) < 4.78 is 41.9. The Hall–Kier alpha value is -4.06. The summed E-state index contributed by atoms with van der Waals surface area (Å²) in [7, 11) is -2.79. The lowest BCUT2D eigenvalue weighted by Gasteiger charge is -2.45. The van der Waals surface area contributed by atoms with Crippen LogP contribution in [0.15, 0.2) is 66.7 Å². The number of carbonyl (C=O) groups is 2. The fraction of sp³-hybridized carbons (Fsp3) is 0.450. The van der Waals surface area contributed by atoms with Crippen molar-refractivity contribution in [1.29, 1.82) is 0 Å². The van der Waals surface area contributed by atoms with Crippen molar-refractivity contribution in [2.75, 3.05) is 37.0 Å². The van der Waals surface area contributed by atoms with Crippen LogP contribution < -0.4 is 24.4 Å². The maximum atomic E-state index is 13.9. The number of aryl methyl sites for hydroxylation is 2. The molecular formula is C40H46ClN3O7S. The third kappa shape index (κ3) is 7.40. The SMILES string of the molecule is COc1ccc(C)c(NC(=O)C[C@H]2CC/C=C\[C@H](O)[C@@H]3CC[C@H]3CN3C[C@@]4(CCCc5cc(Cl)ccc54)COc4ccc(cc43)C(=O)NS2(=O)=O)c1. The Kier molecular flexibility index (Phi) is 10.3. The van der Waals surface area contributed by atoms with Gasteiger partial charge in [0, 0.05) is 47.3 Å². The van der Waals surface area contributed by atoms with Crippen LogP contribution in [0.3, 0.4) is 0 Å². The van der Waals surface area contributed by atoms with Crippen LogP contribution in [-0.4, -0.2) is 63.5 Å². The summed E-state index contributed by atoms with van der Waals surface area (Å²) in [6.45, 7) is 3.57. The van der Waals surface area contributed by atoms with Crippen molar-refractivity contribution in [1.82, 2.24) is 4.72 Å². The number of sulfonamides is 1. The summed E-state index contributed by atoms with van der Waals surface area (Å²) in [5, 5.41) is 13.6. The van der Waals surface area contributed by atoms with Gasteiger partial charge in [-0.05, 0) is 117 Å². The number of benzene rings is 3. The molecule has 0 unspecified atom stereocenters. The number of aliphatic hydroxyl groups is 1. The quantitative estimate of drug-likeness (QED) is 0.264. The summed E-state index contributed by atoms with van der Waals surface area (Å²) in [5.74, 6) is 0.140. The zero-order valence-corrected chi connectivity index (χ0v) is 31.1. The van der Waals surface area contributed by atoms with Crippen LogP contribution in [0.1, 0.15) is 72.0 Å². The number of anilines is 2. The van der Waals surface area contributed by atoms with Crippen LogP contribution >= 0.6 is 11.6 Å². The Labute approximate surface area is 310 Å². The highest BCUT2D eigenvalue weighted by atomic mass is 35.5. The first-order chi connectivity index (χ1) is 24.9. The number of nitrogens with zero attached hydrogens (tertiary/aromatic N) is 1. The summed E-state index contributed by atoms with van der Waals surface area (Å²) in [6, 6.07) is 16.4. The van der Waals surface area contributed by atoms with Gasteiger partial charge in [-0.2, -0.15) is 0 Å². The maximum Gasteiger partial charge on any atom is 0.264 e. The second-order valence-corrected chi connectivity index (χ2v) is 17.2. The van der Waals surface area contributed by atoms with Crippen LogP contribution in [0.2, 0.25) is 5.02 Å². The fourth-order valence-corrected chi connectivity index (χ4v) is 9.93. The van der Waals surface area contributed by atoms with Crippen LogP contribution in [0.4, 0.5) is 11.4 Å². The number of fused-ring (bicyclic) bond motifs is 4. The van der Waals surface area contributed by atoms with Gasteiger partial charge in [-0.25, -0.2) is 13.1 Å². The molecular weight excluding hydrogens is 702 g/mol. The molecule has 276 valence electrons. The minimum absolute atomic E-state index is 0.0352. The average molecular weight is 748 g/mol. The van der Waals surface area contributed by atoms with E-state index in [1.807, 2.05) is 13.0 Å². The van der Waals surface area contributed by atoms with Crippen LogP contribution in [-0.2, 0) is 26.7 Å². The zero-order chi connectivity index (χ0) is 36.6. The molecule has 2 amide bonds. The molecule has 2 aliphatic heterocycles. The minimum Gasteiger partial charge on any atom is -0.497 e. The number of hydrogen-bond donors (Lipinski definition) is 3. The van der Waals surface area contributed by atoms with Crippen LogP contribution in [0.5, 0.6) is 11.5 Å². The first-order valence-electron chi connectivity index (χ1n) is 18.1. The number of rotatable bonds is 4. The minimum atomic E-state index is -4.32. The Morgan fingerprint density at radius 1 is 1.13 bits per heavy atom. The molecule has 0 saturated heterocycles. The van der Waals surface area contributed by atoms with Crippen LogP contribution in [0.25, 0.3) is 0 Å². The Bertz CT molecular complexity index is 2000. The topological polar surface area (TPSA) is 134 Å². The van der Waals surface area contributed by atoms with Crippen molar-refractivity contribution in [3.8, 4) is 11.5 Å². The molecule has 7 rings (SSSR count). The Morgan fingerprint density at radius 3 is 2.77 bits per heavy atom. The second-order valence-electron chi connectivity index (χ2n) is 14.8. The van der Waals surface area contributed by atoms with Crippen molar-refractivity contribution < 1.29 is 32.6 Å². The van der Waals surface area contributed by atoms with E-state index in [1.165, 1.54) is 18.2 Å². The fourth-order valence-electron chi connectivity index (χ4n) is 8.38. The number of aliphatic hydroxyl groups excluding tert-OH is 1. The highest BCUT2D eigenvalue weighted by molar-refractivity contribution is 7.90. The molecule has 10 nitrogen and oxygen atoms in total. The van der Waals surface area contributed by atoms with Gasteiger partial charge in [0.2, 0.25) is 15.9 Å². The highest BCUT2D eigenvalue weighted by Crippen LogP contribution is 2.47. The smallest absolute Gasteiger partial charge is 0.264 e. The van der Waals surface area contributed by atoms with E-state index >= 15 is 0 Å². The molecule has 5 atom stereocenters. The van der Waals surface area contributed by atoms with E-state index in [0.717, 1.165) is 43.4 Å². The van der Waals surface area contributed by atoms with E-state index in [9.17, 15) is 23.1 Å². The lowest BCUT2D eigenvalue weighted by atomic mass is 9.68. The second kappa shape index (κ2) is 14.8. The maximum absolute atomic E-state index is 13.9. The molecule has 1 fully saturated rings. The van der Waals surface area contributed by atoms with Gasteiger partial charge >= 0.3 is 0 Å². The Morgan fingerprint density at radius 2 is 1.98 bits per heavy atom. The third-order valence-electron chi connectivity index (χ3n) is 11.5. The standard InChI is InChI=1S/C40H46ClN3O7S/c1-25-9-13-30(50-2)20-34(25)42-38(46)21-31-7-3-4-8-36(45)32-14-10-28(32)22-44-23-40(17-5-6-26-18-29(41)12-15-33(26)40)24-51-37-16-11-27(19-35(37)44)39(47)43-52(31,48)49/h4,8-9,11-13,15-16,18-20,28,31-32,36,45H,3,5-7,10,14,17,21-24H2,1-2H3,(H,42,46)(H,43,47)/b8-4-/t28-,31+,32+,36-,40-/m0/s1. The lowest BCUT2D eigenvalue weighted by molar-refractivity contribution is -0.116. The van der Waals surface area contributed by atoms with Crippen molar-refractivity contribution in [2.45, 2.75) is 75.1 Å². The summed E-state index contributed by atoms with van der Waals surface area (Å²) in [4.78, 5) is 29.4. The van der Waals surface area contributed by atoms with Crippen molar-refractivity contribution in [3.05, 3.63) is 94.0 Å². The molecule has 3 aromatic carbocycles. The molecule has 3 N–H and O–H groups in total. The predicted molar refractivity (Wildman–Crippen MR) is 202 cm³/mol. The largest absolute Gasteiger partial charge is 0.497 e. The number of carbonyl (C=O) groups excluding carboxylic acids is 2. The number of nitrogens with one attached hydrogen (secondary N) is 2. The van der Waals surface area contributed by atoms with E-state index in [4.69, 9.17) is 21.1 Å². The number of allylic oxidation sites excluding steroid dienone is 1. The van der Waals surface area contributed by atoms with E-state index in [1.54, 1.807) is 48.6 Å². The molecule has 0 aromatic heterocycles. The monoisotopic (exact) mass is 747 g/mol. The van der Waals surface area contributed by atoms with Gasteiger partial charge in [0.15, 0.2) is 0 Å². The van der Waals surface area contributed by atoms with Gasteiger partial charge < -0.3 is 24.8 Å².